The molecule has 0 aromatic heterocycles. The van der Waals surface area contributed by atoms with Crippen molar-refractivity contribution in [3.8, 4) is 0 Å². The van der Waals surface area contributed by atoms with Crippen molar-refractivity contribution in [2.75, 3.05) is 0 Å². The van der Waals surface area contributed by atoms with E-state index in [1.54, 1.807) is 0 Å². The lowest BCUT2D eigenvalue weighted by Gasteiger charge is -2.28. The van der Waals surface area contributed by atoms with E-state index in [1.165, 1.54) is 5.56 Å². The van der Waals surface area contributed by atoms with E-state index >= 15 is 0 Å². The Balaban J connectivity index is 1.89. The first kappa shape index (κ1) is 10.5. The molecule has 17 heavy (non-hydrogen) atoms. The first-order valence-electron chi connectivity index (χ1n) is 6.00. The molecule has 0 radical (unpaired) electrons. The molecular weight excluding hydrogens is 216 g/mol. The lowest BCUT2D eigenvalue weighted by molar-refractivity contribution is -0.166. The quantitative estimate of drug-likeness (QED) is 0.578. The van der Waals surface area contributed by atoms with Gasteiger partial charge in [0.2, 0.25) is 0 Å². The summed E-state index contributed by atoms with van der Waals surface area (Å²) in [6.45, 7) is 0. The maximum absolute atomic E-state index is 11.3. The highest BCUT2D eigenvalue weighted by Gasteiger charge is 2.53. The van der Waals surface area contributed by atoms with E-state index < -0.39 is 0 Å². The van der Waals surface area contributed by atoms with Gasteiger partial charge in [-0.3, -0.25) is 9.59 Å². The van der Waals surface area contributed by atoms with Crippen LogP contribution in [0.15, 0.2) is 30.3 Å². The fourth-order valence-electron chi connectivity index (χ4n) is 2.91. The third-order valence-electron chi connectivity index (χ3n) is 3.97. The molecule has 2 fully saturated rings. The molecule has 0 spiro atoms. The van der Waals surface area contributed by atoms with E-state index in [9.17, 15) is 9.59 Å². The van der Waals surface area contributed by atoms with Gasteiger partial charge in [-0.25, -0.2) is 0 Å². The van der Waals surface area contributed by atoms with Gasteiger partial charge in [-0.2, -0.15) is 0 Å². The zero-order chi connectivity index (χ0) is 11.9. The lowest BCUT2D eigenvalue weighted by Crippen LogP contribution is -2.33. The first-order valence-corrected chi connectivity index (χ1v) is 6.00. The monoisotopic (exact) mass is 230 g/mol. The van der Waals surface area contributed by atoms with Crippen LogP contribution in [0.25, 0.3) is 0 Å². The molecule has 0 amide bonds. The van der Waals surface area contributed by atoms with Crippen molar-refractivity contribution in [1.29, 1.82) is 0 Å². The molecule has 3 nitrogen and oxygen atoms in total. The van der Waals surface area contributed by atoms with E-state index in [-0.39, 0.29) is 23.3 Å². The number of hydrogen-bond acceptors (Lipinski definition) is 3. The average molecular weight is 230 g/mol. The molecule has 1 aliphatic carbocycles. The van der Waals surface area contributed by atoms with Gasteiger partial charge in [0.15, 0.2) is 0 Å². The van der Waals surface area contributed by atoms with Gasteiger partial charge >= 0.3 is 11.9 Å². The molecule has 2 aliphatic rings. The van der Waals surface area contributed by atoms with Crippen molar-refractivity contribution in [2.24, 2.45) is 5.92 Å². The molecule has 0 N–H and O–H groups in total. The third-order valence-corrected chi connectivity index (χ3v) is 3.97. The fourth-order valence-corrected chi connectivity index (χ4v) is 2.91. The van der Waals surface area contributed by atoms with Crippen LogP contribution in [0.5, 0.6) is 0 Å². The number of ether oxygens (including phenoxy) is 1. The highest BCUT2D eigenvalue weighted by atomic mass is 16.6. The Morgan fingerprint density at radius 3 is 2.12 bits per heavy atom. The molecule has 1 aromatic carbocycles. The Morgan fingerprint density at radius 2 is 1.59 bits per heavy atom. The van der Waals surface area contributed by atoms with Crippen LogP contribution < -0.4 is 0 Å². The Morgan fingerprint density at radius 1 is 1.00 bits per heavy atom. The summed E-state index contributed by atoms with van der Waals surface area (Å²) in [7, 11) is 0. The van der Waals surface area contributed by atoms with Crippen LogP contribution in [0, 0.1) is 5.92 Å². The average Bonchev–Trinajstić information content (AvgIpc) is 3.10. The zero-order valence-corrected chi connectivity index (χ0v) is 9.52. The predicted octanol–water partition coefficient (Wildman–Crippen LogP) is 2.20. The molecule has 1 aromatic rings. The Bertz CT molecular complexity index is 444. The minimum atomic E-state index is -0.367. The molecule has 1 aliphatic heterocycles. The number of benzene rings is 1. The molecular formula is C14H14O3. The predicted molar refractivity (Wildman–Crippen MR) is 61.2 cm³/mol. The maximum Gasteiger partial charge on any atom is 0.313 e. The summed E-state index contributed by atoms with van der Waals surface area (Å²) in [6.07, 6.45) is 2.89. The van der Waals surface area contributed by atoms with Gasteiger partial charge < -0.3 is 4.74 Å². The number of carbonyl (C=O) groups excluding carboxylic acids is 2. The number of hydrogen-bond donors (Lipinski definition) is 0. The fraction of sp³-hybridized carbons (Fsp3) is 0.429. The lowest BCUT2D eigenvalue weighted by atomic mass is 9.78. The molecule has 1 saturated carbocycles. The summed E-state index contributed by atoms with van der Waals surface area (Å²) in [5.74, 6) is -0.611. The van der Waals surface area contributed by atoms with Crippen molar-refractivity contribution in [3.05, 3.63) is 35.9 Å². The van der Waals surface area contributed by atoms with Crippen molar-refractivity contribution in [2.45, 2.75) is 31.1 Å². The minimum absolute atomic E-state index is 0.0519. The van der Waals surface area contributed by atoms with Crippen molar-refractivity contribution >= 4 is 11.9 Å². The Kier molecular flexibility index (Phi) is 2.28. The molecule has 0 atom stereocenters. The molecule has 88 valence electrons. The second-order valence-electron chi connectivity index (χ2n) is 4.97. The number of rotatable bonds is 2. The summed E-state index contributed by atoms with van der Waals surface area (Å²) in [5, 5.41) is 0. The van der Waals surface area contributed by atoms with Crippen LogP contribution in [0.4, 0.5) is 0 Å². The van der Waals surface area contributed by atoms with Gasteiger partial charge in [0.1, 0.15) is 0 Å². The first-order chi connectivity index (χ1) is 8.21. The smallest absolute Gasteiger partial charge is 0.313 e. The maximum atomic E-state index is 11.3. The molecule has 0 bridgehead atoms. The highest BCUT2D eigenvalue weighted by molar-refractivity contribution is 5.88. The van der Waals surface area contributed by atoms with Gasteiger partial charge in [0.05, 0.1) is 12.8 Å². The second kappa shape index (κ2) is 3.69. The topological polar surface area (TPSA) is 43.4 Å². The third kappa shape index (κ3) is 1.75. The second-order valence-corrected chi connectivity index (χ2v) is 4.97. The molecule has 0 unspecified atom stereocenters. The van der Waals surface area contributed by atoms with Gasteiger partial charge in [-0.1, -0.05) is 30.3 Å². The number of cyclic esters (lactones) is 2. The van der Waals surface area contributed by atoms with Crippen molar-refractivity contribution in [1.82, 2.24) is 0 Å². The largest absolute Gasteiger partial charge is 0.393 e. The van der Waals surface area contributed by atoms with E-state index in [0.29, 0.717) is 12.8 Å². The van der Waals surface area contributed by atoms with Gasteiger partial charge in [-0.05, 0) is 29.7 Å². The van der Waals surface area contributed by atoms with E-state index in [0.717, 1.165) is 12.8 Å². The van der Waals surface area contributed by atoms with Gasteiger partial charge in [0.25, 0.3) is 0 Å². The Labute approximate surface area is 99.8 Å². The standard InChI is InChI=1S/C14H14O3/c15-12-8-11(9-13(16)17-12)14(6-7-14)10-4-2-1-3-5-10/h1-5,11H,6-9H2. The van der Waals surface area contributed by atoms with Crippen LogP contribution in [0.3, 0.4) is 0 Å². The van der Waals surface area contributed by atoms with Crippen LogP contribution >= 0.6 is 0 Å². The van der Waals surface area contributed by atoms with E-state index in [1.807, 2.05) is 18.2 Å². The van der Waals surface area contributed by atoms with E-state index in [4.69, 9.17) is 0 Å². The summed E-state index contributed by atoms with van der Waals surface area (Å²) in [5.41, 5.74) is 1.31. The summed E-state index contributed by atoms with van der Waals surface area (Å²) >= 11 is 0. The van der Waals surface area contributed by atoms with Crippen LogP contribution in [-0.2, 0) is 19.7 Å². The van der Waals surface area contributed by atoms with Crippen LogP contribution in [0.2, 0.25) is 0 Å². The summed E-state index contributed by atoms with van der Waals surface area (Å²) in [6, 6.07) is 10.2. The van der Waals surface area contributed by atoms with Crippen molar-refractivity contribution in [3.63, 3.8) is 0 Å². The minimum Gasteiger partial charge on any atom is -0.393 e. The summed E-state index contributed by atoms with van der Waals surface area (Å²) < 4.78 is 4.60. The highest BCUT2D eigenvalue weighted by Crippen LogP contribution is 2.56. The molecule has 3 heteroatoms. The van der Waals surface area contributed by atoms with Gasteiger partial charge in [0, 0.05) is 0 Å². The normalized spacial score (nSPS) is 23.3. The number of carbonyl (C=O) groups is 2. The Hall–Kier alpha value is -1.64. The summed E-state index contributed by atoms with van der Waals surface area (Å²) in [4.78, 5) is 22.7. The zero-order valence-electron chi connectivity index (χ0n) is 9.52. The van der Waals surface area contributed by atoms with E-state index in [2.05, 4.69) is 16.9 Å². The molecule has 1 saturated heterocycles. The van der Waals surface area contributed by atoms with Crippen LogP contribution in [-0.4, -0.2) is 11.9 Å². The molecule has 3 rings (SSSR count). The molecule has 1 heterocycles. The van der Waals surface area contributed by atoms with Crippen molar-refractivity contribution < 1.29 is 14.3 Å². The van der Waals surface area contributed by atoms with Crippen LogP contribution in [0.1, 0.15) is 31.2 Å². The SMILES string of the molecule is O=C1CC(C2(c3ccccc3)CC2)CC(=O)O1. The van der Waals surface area contributed by atoms with Gasteiger partial charge in [-0.15, -0.1) is 0 Å². The number of esters is 2.